The molecule has 12 heavy (non-hydrogen) atoms. The van der Waals surface area contributed by atoms with Gasteiger partial charge in [-0.05, 0) is 31.1 Å². The Labute approximate surface area is 73.8 Å². The van der Waals surface area contributed by atoms with Crippen LogP contribution in [0.5, 0.6) is 0 Å². The van der Waals surface area contributed by atoms with Gasteiger partial charge in [0.25, 0.3) is 0 Å². The Hall–Kier alpha value is -0.590. The summed E-state index contributed by atoms with van der Waals surface area (Å²) in [4.78, 5) is 11.7. The molecule has 0 amide bonds. The van der Waals surface area contributed by atoms with Gasteiger partial charge in [0.2, 0.25) is 0 Å². The molecule has 1 nitrogen and oxygen atoms in total. The number of rotatable bonds is 1. The van der Waals surface area contributed by atoms with Gasteiger partial charge >= 0.3 is 0 Å². The predicted octanol–water partition coefficient (Wildman–Crippen LogP) is 2.42. The highest BCUT2D eigenvalue weighted by molar-refractivity contribution is 5.85. The fourth-order valence-electron chi connectivity index (χ4n) is 2.99. The van der Waals surface area contributed by atoms with Crippen molar-refractivity contribution in [3.63, 3.8) is 0 Å². The first kappa shape index (κ1) is 8.03. The fourth-order valence-corrected chi connectivity index (χ4v) is 2.99. The molecule has 2 aliphatic carbocycles. The van der Waals surface area contributed by atoms with Crippen LogP contribution in [0.25, 0.3) is 0 Å². The molecule has 2 rings (SSSR count). The van der Waals surface area contributed by atoms with Crippen LogP contribution < -0.4 is 0 Å². The van der Waals surface area contributed by atoms with Crippen molar-refractivity contribution in [1.82, 2.24) is 0 Å². The third-order valence-corrected chi connectivity index (χ3v) is 3.72. The quantitative estimate of drug-likeness (QED) is 0.544. The van der Waals surface area contributed by atoms with Gasteiger partial charge in [0.15, 0.2) is 0 Å². The minimum absolute atomic E-state index is 0.244. The monoisotopic (exact) mass is 164 g/mol. The zero-order chi connectivity index (χ0) is 8.72. The number of ketones is 1. The molecule has 66 valence electrons. The molecule has 2 saturated carbocycles. The van der Waals surface area contributed by atoms with Gasteiger partial charge in [-0.2, -0.15) is 0 Å². The lowest BCUT2D eigenvalue weighted by molar-refractivity contribution is -0.129. The van der Waals surface area contributed by atoms with E-state index >= 15 is 0 Å². The van der Waals surface area contributed by atoms with E-state index < -0.39 is 0 Å². The molecule has 1 heteroatoms. The number of carbonyl (C=O) groups excluding carboxylic acids is 1. The summed E-state index contributed by atoms with van der Waals surface area (Å²) in [7, 11) is 0. The van der Waals surface area contributed by atoms with Crippen molar-refractivity contribution in [3.05, 3.63) is 12.7 Å². The van der Waals surface area contributed by atoms with E-state index in [-0.39, 0.29) is 5.92 Å². The van der Waals surface area contributed by atoms with Gasteiger partial charge in [-0.25, -0.2) is 0 Å². The van der Waals surface area contributed by atoms with E-state index in [1.165, 1.54) is 6.42 Å². The van der Waals surface area contributed by atoms with E-state index in [0.29, 0.717) is 17.6 Å². The molecule has 2 fully saturated rings. The number of fused-ring (bicyclic) bond motifs is 2. The largest absolute Gasteiger partial charge is 0.299 e. The lowest BCUT2D eigenvalue weighted by Crippen LogP contribution is -2.33. The molecule has 4 atom stereocenters. The second-order valence-electron chi connectivity index (χ2n) is 4.27. The maximum absolute atomic E-state index is 11.7. The van der Waals surface area contributed by atoms with E-state index in [4.69, 9.17) is 0 Å². The lowest BCUT2D eigenvalue weighted by atomic mass is 9.72. The lowest BCUT2D eigenvalue weighted by Gasteiger charge is -2.31. The summed E-state index contributed by atoms with van der Waals surface area (Å²) in [5.41, 5.74) is 0. The molecule has 0 radical (unpaired) electrons. The average molecular weight is 164 g/mol. The van der Waals surface area contributed by atoms with Gasteiger partial charge in [-0.1, -0.05) is 13.0 Å². The normalized spacial score (nSPS) is 46.2. The zero-order valence-corrected chi connectivity index (χ0v) is 7.62. The van der Waals surface area contributed by atoms with Crippen molar-refractivity contribution in [2.45, 2.75) is 26.2 Å². The molecule has 0 N–H and O–H groups in total. The highest BCUT2D eigenvalue weighted by Gasteiger charge is 2.43. The predicted molar refractivity (Wildman–Crippen MR) is 48.7 cm³/mol. The number of hydrogen-bond acceptors (Lipinski definition) is 1. The van der Waals surface area contributed by atoms with E-state index in [1.54, 1.807) is 0 Å². The summed E-state index contributed by atoms with van der Waals surface area (Å²) in [6.07, 6.45) is 5.52. The number of Topliss-reactive ketones (excluding diaryl/α,β-unsaturated/α-hetero) is 1. The molecule has 0 aromatic heterocycles. The Morgan fingerprint density at radius 1 is 1.50 bits per heavy atom. The van der Waals surface area contributed by atoms with E-state index in [2.05, 4.69) is 13.5 Å². The van der Waals surface area contributed by atoms with Crippen LogP contribution >= 0.6 is 0 Å². The van der Waals surface area contributed by atoms with Gasteiger partial charge in [0, 0.05) is 11.8 Å². The number of allylic oxidation sites excluding steroid dienone is 1. The van der Waals surface area contributed by atoms with Crippen molar-refractivity contribution in [2.75, 3.05) is 0 Å². The molecule has 2 aliphatic rings. The maximum atomic E-state index is 11.7. The summed E-state index contributed by atoms with van der Waals surface area (Å²) >= 11 is 0. The van der Waals surface area contributed by atoms with Crippen LogP contribution in [-0.2, 0) is 4.79 Å². The number of carbonyl (C=O) groups is 1. The van der Waals surface area contributed by atoms with Gasteiger partial charge in [0.05, 0.1) is 0 Å². The first-order valence-corrected chi connectivity index (χ1v) is 4.90. The Kier molecular flexibility index (Phi) is 1.82. The summed E-state index contributed by atoms with van der Waals surface area (Å²) in [6.45, 7) is 5.90. The standard InChI is InChI=1S/C11H16O/c1-3-10-7(2)11(12)9-5-4-8(10)6-9/h3,7-10H,1,4-6H2,2H3/t7-,8?,9?,10-/m0/s1. The second-order valence-corrected chi connectivity index (χ2v) is 4.27. The van der Waals surface area contributed by atoms with Crippen LogP contribution in [-0.4, -0.2) is 5.78 Å². The van der Waals surface area contributed by atoms with Crippen LogP contribution in [0.4, 0.5) is 0 Å². The third-order valence-electron chi connectivity index (χ3n) is 3.72. The molecule has 2 unspecified atom stereocenters. The van der Waals surface area contributed by atoms with Crippen molar-refractivity contribution in [3.8, 4) is 0 Å². The summed E-state index contributed by atoms with van der Waals surface area (Å²) in [6, 6.07) is 0. The van der Waals surface area contributed by atoms with Gasteiger partial charge in [-0.3, -0.25) is 4.79 Å². The van der Waals surface area contributed by atoms with Gasteiger partial charge in [0.1, 0.15) is 5.78 Å². The minimum Gasteiger partial charge on any atom is -0.299 e. The Balaban J connectivity index is 2.25. The third kappa shape index (κ3) is 0.954. The molecule has 0 aromatic carbocycles. The topological polar surface area (TPSA) is 17.1 Å². The van der Waals surface area contributed by atoms with Crippen LogP contribution in [0.15, 0.2) is 12.7 Å². The van der Waals surface area contributed by atoms with E-state index in [0.717, 1.165) is 18.8 Å². The van der Waals surface area contributed by atoms with Gasteiger partial charge in [-0.15, -0.1) is 6.58 Å². The molecule has 0 heterocycles. The SMILES string of the molecule is C=C[C@@H]1C2CCC(C2)C(=O)[C@H]1C. The average Bonchev–Trinajstić information content (AvgIpc) is 2.49. The van der Waals surface area contributed by atoms with E-state index in [1.807, 2.05) is 6.08 Å². The van der Waals surface area contributed by atoms with E-state index in [9.17, 15) is 4.79 Å². The highest BCUT2D eigenvalue weighted by Crippen LogP contribution is 2.46. The van der Waals surface area contributed by atoms with Crippen molar-refractivity contribution < 1.29 is 4.79 Å². The Bertz CT molecular complexity index is 219. The molecule has 0 spiro atoms. The number of hydrogen-bond donors (Lipinski definition) is 0. The van der Waals surface area contributed by atoms with Gasteiger partial charge < -0.3 is 0 Å². The second kappa shape index (κ2) is 2.72. The maximum Gasteiger partial charge on any atom is 0.139 e. The summed E-state index contributed by atoms with van der Waals surface area (Å²) in [5, 5.41) is 0. The molecule has 0 aromatic rings. The minimum atomic E-state index is 0.244. The molecule has 0 saturated heterocycles. The first-order chi connectivity index (χ1) is 5.74. The Morgan fingerprint density at radius 3 is 2.92 bits per heavy atom. The molecule has 2 bridgehead atoms. The smallest absolute Gasteiger partial charge is 0.139 e. The van der Waals surface area contributed by atoms with Crippen molar-refractivity contribution >= 4 is 5.78 Å². The van der Waals surface area contributed by atoms with Crippen LogP contribution in [0.1, 0.15) is 26.2 Å². The first-order valence-electron chi connectivity index (χ1n) is 4.90. The molecular weight excluding hydrogens is 148 g/mol. The van der Waals surface area contributed by atoms with Crippen molar-refractivity contribution in [1.29, 1.82) is 0 Å². The summed E-state index contributed by atoms with van der Waals surface area (Å²) in [5.74, 6) is 2.38. The fraction of sp³-hybridized carbons (Fsp3) is 0.727. The van der Waals surface area contributed by atoms with Crippen LogP contribution in [0, 0.1) is 23.7 Å². The zero-order valence-electron chi connectivity index (χ0n) is 7.62. The molecule has 0 aliphatic heterocycles. The molecular formula is C11H16O. The van der Waals surface area contributed by atoms with Crippen LogP contribution in [0.2, 0.25) is 0 Å². The Morgan fingerprint density at radius 2 is 2.25 bits per heavy atom. The van der Waals surface area contributed by atoms with Crippen LogP contribution in [0.3, 0.4) is 0 Å². The highest BCUT2D eigenvalue weighted by atomic mass is 16.1. The summed E-state index contributed by atoms with van der Waals surface area (Å²) < 4.78 is 0. The van der Waals surface area contributed by atoms with Crippen molar-refractivity contribution in [2.24, 2.45) is 23.7 Å².